The van der Waals surface area contributed by atoms with Gasteiger partial charge in [0, 0.05) is 0 Å². The number of anilines is 1. The van der Waals surface area contributed by atoms with Crippen LogP contribution in [0.4, 0.5) is 10.1 Å². The maximum Gasteiger partial charge on any atom is 0.244 e. The van der Waals surface area contributed by atoms with Gasteiger partial charge in [-0.2, -0.15) is 0 Å². The molecule has 158 valence electrons. The number of nitrogens with zero attached hydrogens (tertiary/aromatic N) is 1. The van der Waals surface area contributed by atoms with Gasteiger partial charge in [-0.1, -0.05) is 19.1 Å². The van der Waals surface area contributed by atoms with E-state index in [0.717, 1.165) is 39.6 Å². The highest BCUT2D eigenvalue weighted by atomic mass is 32.2. The molecule has 0 aliphatic heterocycles. The van der Waals surface area contributed by atoms with Crippen LogP contribution >= 0.6 is 0 Å². The van der Waals surface area contributed by atoms with E-state index < -0.39 is 27.8 Å². The summed E-state index contributed by atoms with van der Waals surface area (Å²) in [6, 6.07) is 9.35. The van der Waals surface area contributed by atoms with Crippen molar-refractivity contribution in [3.05, 3.63) is 59.4 Å². The Morgan fingerprint density at radius 2 is 1.83 bits per heavy atom. The zero-order valence-corrected chi connectivity index (χ0v) is 18.1. The van der Waals surface area contributed by atoms with Crippen molar-refractivity contribution in [2.24, 2.45) is 0 Å². The second-order valence-corrected chi connectivity index (χ2v) is 8.77. The predicted molar refractivity (Wildman–Crippen MR) is 112 cm³/mol. The highest BCUT2D eigenvalue weighted by molar-refractivity contribution is 7.92. The summed E-state index contributed by atoms with van der Waals surface area (Å²) in [6.45, 7) is 5.36. The number of benzene rings is 2. The molecule has 0 heterocycles. The minimum atomic E-state index is -3.76. The number of hydrogen-bond acceptors (Lipinski definition) is 4. The van der Waals surface area contributed by atoms with Gasteiger partial charge in [0.25, 0.3) is 0 Å². The zero-order valence-electron chi connectivity index (χ0n) is 17.3. The van der Waals surface area contributed by atoms with Crippen LogP contribution in [0.5, 0.6) is 5.75 Å². The monoisotopic (exact) mass is 422 g/mol. The fourth-order valence-corrected chi connectivity index (χ4v) is 4.40. The Kier molecular flexibility index (Phi) is 7.24. The first-order valence-electron chi connectivity index (χ1n) is 9.28. The van der Waals surface area contributed by atoms with Crippen LogP contribution < -0.4 is 14.4 Å². The van der Waals surface area contributed by atoms with Gasteiger partial charge in [0.05, 0.1) is 25.1 Å². The molecule has 0 spiro atoms. The third-order valence-corrected chi connectivity index (χ3v) is 5.96. The number of sulfonamides is 1. The highest BCUT2D eigenvalue weighted by Crippen LogP contribution is 2.25. The summed E-state index contributed by atoms with van der Waals surface area (Å²) in [5, 5.41) is 2.92. The number of hydrogen-bond donors (Lipinski definition) is 1. The van der Waals surface area contributed by atoms with Crippen molar-refractivity contribution in [2.75, 3.05) is 17.7 Å². The summed E-state index contributed by atoms with van der Waals surface area (Å²) in [6.07, 6.45) is 1.64. The van der Waals surface area contributed by atoms with Crippen LogP contribution in [0.15, 0.2) is 42.5 Å². The molecule has 0 saturated heterocycles. The van der Waals surface area contributed by atoms with Crippen LogP contribution in [0.25, 0.3) is 0 Å². The van der Waals surface area contributed by atoms with Crippen LogP contribution in [0, 0.1) is 12.7 Å². The molecule has 0 radical (unpaired) electrons. The second-order valence-electron chi connectivity index (χ2n) is 6.91. The van der Waals surface area contributed by atoms with Gasteiger partial charge >= 0.3 is 0 Å². The van der Waals surface area contributed by atoms with E-state index in [1.807, 2.05) is 32.0 Å². The number of ether oxygens (including phenoxy) is 1. The van der Waals surface area contributed by atoms with Gasteiger partial charge in [0.2, 0.25) is 15.9 Å². The summed E-state index contributed by atoms with van der Waals surface area (Å²) in [5.74, 6) is -0.178. The van der Waals surface area contributed by atoms with E-state index in [0.29, 0.717) is 6.42 Å². The number of carbonyl (C=O) groups is 1. The van der Waals surface area contributed by atoms with Crippen molar-refractivity contribution < 1.29 is 22.3 Å². The molecule has 0 unspecified atom stereocenters. The normalized spacial score (nSPS) is 13.4. The average Bonchev–Trinajstić information content (AvgIpc) is 2.66. The molecule has 0 aromatic heterocycles. The Hall–Kier alpha value is -2.61. The Labute approximate surface area is 171 Å². The Bertz CT molecular complexity index is 961. The molecule has 29 heavy (non-hydrogen) atoms. The second kappa shape index (κ2) is 9.26. The van der Waals surface area contributed by atoms with Gasteiger partial charge in [-0.25, -0.2) is 12.8 Å². The summed E-state index contributed by atoms with van der Waals surface area (Å²) < 4.78 is 44.2. The first-order chi connectivity index (χ1) is 13.6. The molecular formula is C21H27FN2O4S. The molecule has 2 atom stereocenters. The lowest BCUT2D eigenvalue weighted by Crippen LogP contribution is -2.48. The van der Waals surface area contributed by atoms with E-state index in [-0.39, 0.29) is 11.7 Å². The molecule has 6 nitrogen and oxygen atoms in total. The fourth-order valence-electron chi connectivity index (χ4n) is 3.23. The molecule has 8 heteroatoms. The standard InChI is InChI=1S/C21H27FN2O4S/c1-6-19(16-7-12-20(28-4)14(2)13-16)23-21(25)15(3)24(29(5,26)27)18-10-8-17(22)9-11-18/h7-13,15,19H,6H2,1-5H3,(H,23,25)/t15-,19-/m0/s1. The topological polar surface area (TPSA) is 75.7 Å². The van der Waals surface area contributed by atoms with Crippen molar-refractivity contribution in [3.63, 3.8) is 0 Å². The molecule has 2 aromatic rings. The molecule has 0 bridgehead atoms. The smallest absolute Gasteiger partial charge is 0.244 e. The number of amides is 1. The Morgan fingerprint density at radius 1 is 1.21 bits per heavy atom. The number of nitrogens with one attached hydrogen (secondary N) is 1. The van der Waals surface area contributed by atoms with Gasteiger partial charge in [-0.15, -0.1) is 0 Å². The van der Waals surface area contributed by atoms with Crippen molar-refractivity contribution in [3.8, 4) is 5.75 Å². The molecule has 2 rings (SSSR count). The number of aryl methyl sites for hydroxylation is 1. The fraction of sp³-hybridized carbons (Fsp3) is 0.381. The number of rotatable bonds is 8. The van der Waals surface area contributed by atoms with Gasteiger partial charge in [0.15, 0.2) is 0 Å². The van der Waals surface area contributed by atoms with Crippen LogP contribution in [0.1, 0.15) is 37.4 Å². The molecular weight excluding hydrogens is 395 g/mol. The first-order valence-corrected chi connectivity index (χ1v) is 11.1. The number of methoxy groups -OCH3 is 1. The Balaban J connectivity index is 2.28. The molecule has 0 aliphatic carbocycles. The third-order valence-electron chi connectivity index (χ3n) is 4.72. The Morgan fingerprint density at radius 3 is 2.31 bits per heavy atom. The molecule has 0 saturated carbocycles. The van der Waals surface area contributed by atoms with Crippen LogP contribution in [0.2, 0.25) is 0 Å². The lowest BCUT2D eigenvalue weighted by molar-refractivity contribution is -0.122. The van der Waals surface area contributed by atoms with Gasteiger partial charge in [-0.05, 0) is 61.7 Å². The summed E-state index contributed by atoms with van der Waals surface area (Å²) in [5.41, 5.74) is 2.07. The van der Waals surface area contributed by atoms with Crippen LogP contribution in [-0.2, 0) is 14.8 Å². The van der Waals surface area contributed by atoms with Crippen LogP contribution in [0.3, 0.4) is 0 Å². The summed E-state index contributed by atoms with van der Waals surface area (Å²) in [4.78, 5) is 12.9. The molecule has 0 aliphatic rings. The maximum atomic E-state index is 13.2. The lowest BCUT2D eigenvalue weighted by atomic mass is 10.0. The molecule has 0 fully saturated rings. The number of carbonyl (C=O) groups excluding carboxylic acids is 1. The van der Waals surface area contributed by atoms with E-state index >= 15 is 0 Å². The predicted octanol–water partition coefficient (Wildman–Crippen LogP) is 3.56. The van der Waals surface area contributed by atoms with Gasteiger partial charge < -0.3 is 10.1 Å². The molecule has 2 aromatic carbocycles. The third kappa shape index (κ3) is 5.47. The van der Waals surface area contributed by atoms with E-state index in [9.17, 15) is 17.6 Å². The van der Waals surface area contributed by atoms with Crippen molar-refractivity contribution in [2.45, 2.75) is 39.3 Å². The average molecular weight is 423 g/mol. The SMILES string of the molecule is CC[C@H](NC(=O)[C@H](C)N(c1ccc(F)cc1)S(C)(=O)=O)c1ccc(OC)c(C)c1. The summed E-state index contributed by atoms with van der Waals surface area (Å²) >= 11 is 0. The minimum Gasteiger partial charge on any atom is -0.496 e. The van der Waals surface area contributed by atoms with E-state index in [1.165, 1.54) is 19.1 Å². The lowest BCUT2D eigenvalue weighted by Gasteiger charge is -2.30. The highest BCUT2D eigenvalue weighted by Gasteiger charge is 2.30. The zero-order chi connectivity index (χ0) is 21.8. The van der Waals surface area contributed by atoms with E-state index in [4.69, 9.17) is 4.74 Å². The first kappa shape index (κ1) is 22.7. The van der Waals surface area contributed by atoms with Crippen molar-refractivity contribution in [1.82, 2.24) is 5.32 Å². The minimum absolute atomic E-state index is 0.227. The van der Waals surface area contributed by atoms with Gasteiger partial charge in [0.1, 0.15) is 17.6 Å². The maximum absolute atomic E-state index is 13.2. The summed E-state index contributed by atoms with van der Waals surface area (Å²) in [7, 11) is -2.17. The quantitative estimate of drug-likeness (QED) is 0.706. The molecule has 1 amide bonds. The van der Waals surface area contributed by atoms with Crippen molar-refractivity contribution in [1.29, 1.82) is 0 Å². The molecule has 1 N–H and O–H groups in total. The van der Waals surface area contributed by atoms with Crippen LogP contribution in [-0.4, -0.2) is 33.7 Å². The van der Waals surface area contributed by atoms with Crippen molar-refractivity contribution >= 4 is 21.6 Å². The van der Waals surface area contributed by atoms with E-state index in [2.05, 4.69) is 5.32 Å². The van der Waals surface area contributed by atoms with Gasteiger partial charge in [-0.3, -0.25) is 9.10 Å². The largest absolute Gasteiger partial charge is 0.496 e. The van der Waals surface area contributed by atoms with E-state index in [1.54, 1.807) is 7.11 Å². The number of halogens is 1.